The number of aromatic nitrogens is 1. The van der Waals surface area contributed by atoms with Crippen molar-refractivity contribution in [2.75, 3.05) is 0 Å². The zero-order valence-electron chi connectivity index (χ0n) is 8.98. The first-order valence-electron chi connectivity index (χ1n) is 5.45. The smallest absolute Gasteiger partial charge is 0.0966 e. The zero-order valence-corrected chi connectivity index (χ0v) is 11.4. The van der Waals surface area contributed by atoms with E-state index in [0.717, 1.165) is 22.0 Å². The Balaban J connectivity index is 1.92. The maximum absolute atomic E-state index is 4.73. The first kappa shape index (κ1) is 10.5. The fourth-order valence-corrected chi connectivity index (χ4v) is 3.38. The molecule has 0 bridgehead atoms. The molecule has 1 aliphatic rings. The Labute approximate surface area is 108 Å². The first-order chi connectivity index (χ1) is 7.74. The van der Waals surface area contributed by atoms with Crippen LogP contribution in [0.3, 0.4) is 0 Å². The van der Waals surface area contributed by atoms with Gasteiger partial charge in [-0.1, -0.05) is 35.0 Å². The SMILES string of the molecule is CC1CC1c1nc(-c2cccc(Br)c2)cs1. The van der Waals surface area contributed by atoms with Crippen LogP contribution in [0.5, 0.6) is 0 Å². The second kappa shape index (κ2) is 3.97. The Morgan fingerprint density at radius 2 is 2.25 bits per heavy atom. The topological polar surface area (TPSA) is 12.9 Å². The number of nitrogens with zero attached hydrogens (tertiary/aromatic N) is 1. The third-order valence-corrected chi connectivity index (χ3v) is 4.54. The summed E-state index contributed by atoms with van der Waals surface area (Å²) >= 11 is 5.29. The summed E-state index contributed by atoms with van der Waals surface area (Å²) in [5.41, 5.74) is 2.31. The van der Waals surface area contributed by atoms with Crippen molar-refractivity contribution in [3.8, 4) is 11.3 Å². The molecule has 0 N–H and O–H groups in total. The molecule has 82 valence electrons. The van der Waals surface area contributed by atoms with E-state index in [1.165, 1.54) is 17.0 Å². The fourth-order valence-electron chi connectivity index (χ4n) is 1.90. The van der Waals surface area contributed by atoms with Gasteiger partial charge >= 0.3 is 0 Å². The maximum Gasteiger partial charge on any atom is 0.0966 e. The summed E-state index contributed by atoms with van der Waals surface area (Å²) < 4.78 is 1.11. The van der Waals surface area contributed by atoms with Gasteiger partial charge in [0.2, 0.25) is 0 Å². The summed E-state index contributed by atoms with van der Waals surface area (Å²) in [6.45, 7) is 2.30. The second-order valence-electron chi connectivity index (χ2n) is 4.40. The Bertz CT molecular complexity index is 520. The molecule has 2 aromatic rings. The number of thiazole rings is 1. The third kappa shape index (κ3) is 1.94. The molecule has 1 heterocycles. The molecule has 0 radical (unpaired) electrons. The lowest BCUT2D eigenvalue weighted by Gasteiger charge is -1.96. The van der Waals surface area contributed by atoms with Gasteiger partial charge in [-0.25, -0.2) is 4.98 Å². The summed E-state index contributed by atoms with van der Waals surface area (Å²) in [5.74, 6) is 1.56. The molecule has 1 aromatic carbocycles. The minimum Gasteiger partial charge on any atom is -0.241 e. The van der Waals surface area contributed by atoms with E-state index >= 15 is 0 Å². The molecule has 0 spiro atoms. The summed E-state index contributed by atoms with van der Waals surface area (Å²) in [6, 6.07) is 8.33. The molecule has 2 atom stereocenters. The van der Waals surface area contributed by atoms with E-state index in [-0.39, 0.29) is 0 Å². The van der Waals surface area contributed by atoms with Crippen molar-refractivity contribution in [3.05, 3.63) is 39.1 Å². The van der Waals surface area contributed by atoms with Crippen molar-refractivity contribution in [2.45, 2.75) is 19.3 Å². The Morgan fingerprint density at radius 3 is 2.94 bits per heavy atom. The zero-order chi connectivity index (χ0) is 11.1. The molecule has 2 unspecified atom stereocenters. The molecule has 3 heteroatoms. The average molecular weight is 294 g/mol. The molecular formula is C13H12BrNS. The van der Waals surface area contributed by atoms with Crippen molar-refractivity contribution >= 4 is 27.3 Å². The van der Waals surface area contributed by atoms with Crippen LogP contribution in [0.15, 0.2) is 34.1 Å². The lowest BCUT2D eigenvalue weighted by Crippen LogP contribution is -1.81. The molecule has 1 aliphatic carbocycles. The Hall–Kier alpha value is -0.670. The number of rotatable bonds is 2. The highest BCUT2D eigenvalue weighted by Crippen LogP contribution is 2.48. The van der Waals surface area contributed by atoms with Gasteiger partial charge < -0.3 is 0 Å². The fraction of sp³-hybridized carbons (Fsp3) is 0.308. The van der Waals surface area contributed by atoms with Crippen LogP contribution in [0, 0.1) is 5.92 Å². The van der Waals surface area contributed by atoms with Crippen molar-refractivity contribution in [3.63, 3.8) is 0 Å². The van der Waals surface area contributed by atoms with E-state index < -0.39 is 0 Å². The molecule has 1 saturated carbocycles. The molecular weight excluding hydrogens is 282 g/mol. The highest BCUT2D eigenvalue weighted by molar-refractivity contribution is 9.10. The van der Waals surface area contributed by atoms with Crippen molar-refractivity contribution in [1.29, 1.82) is 0 Å². The maximum atomic E-state index is 4.73. The van der Waals surface area contributed by atoms with Crippen LogP contribution in [-0.2, 0) is 0 Å². The standard InChI is InChI=1S/C13H12BrNS/c1-8-5-11(8)13-15-12(7-16-13)9-3-2-4-10(14)6-9/h2-4,6-8,11H,5H2,1H3. The van der Waals surface area contributed by atoms with Gasteiger partial charge in [0, 0.05) is 21.3 Å². The van der Waals surface area contributed by atoms with Gasteiger partial charge in [0.15, 0.2) is 0 Å². The molecule has 1 fully saturated rings. The summed E-state index contributed by atoms with van der Waals surface area (Å²) in [6.07, 6.45) is 1.31. The Kier molecular flexibility index (Phi) is 2.60. The van der Waals surface area contributed by atoms with E-state index in [4.69, 9.17) is 4.98 Å². The van der Waals surface area contributed by atoms with Gasteiger partial charge in [-0.2, -0.15) is 0 Å². The minimum absolute atomic E-state index is 0.728. The largest absolute Gasteiger partial charge is 0.241 e. The third-order valence-electron chi connectivity index (χ3n) is 3.07. The van der Waals surface area contributed by atoms with Gasteiger partial charge in [0.25, 0.3) is 0 Å². The van der Waals surface area contributed by atoms with Gasteiger partial charge in [-0.3, -0.25) is 0 Å². The molecule has 1 aromatic heterocycles. The monoisotopic (exact) mass is 293 g/mol. The molecule has 0 aliphatic heterocycles. The van der Waals surface area contributed by atoms with Crippen LogP contribution < -0.4 is 0 Å². The second-order valence-corrected chi connectivity index (χ2v) is 6.21. The normalized spacial score (nSPS) is 23.4. The van der Waals surface area contributed by atoms with Crippen LogP contribution >= 0.6 is 27.3 Å². The van der Waals surface area contributed by atoms with E-state index in [1.807, 2.05) is 6.07 Å². The number of hydrogen-bond acceptors (Lipinski definition) is 2. The average Bonchev–Trinajstić information content (AvgIpc) is 2.81. The lowest BCUT2D eigenvalue weighted by atomic mass is 10.2. The van der Waals surface area contributed by atoms with Crippen LogP contribution in [0.4, 0.5) is 0 Å². The predicted molar refractivity (Wildman–Crippen MR) is 71.8 cm³/mol. The van der Waals surface area contributed by atoms with E-state index in [2.05, 4.69) is 46.4 Å². The predicted octanol–water partition coefficient (Wildman–Crippen LogP) is 4.70. The molecule has 0 amide bonds. The molecule has 16 heavy (non-hydrogen) atoms. The van der Waals surface area contributed by atoms with Crippen molar-refractivity contribution in [1.82, 2.24) is 4.98 Å². The summed E-state index contributed by atoms with van der Waals surface area (Å²) in [4.78, 5) is 4.73. The Morgan fingerprint density at radius 1 is 1.44 bits per heavy atom. The molecule has 0 saturated heterocycles. The summed E-state index contributed by atoms with van der Waals surface area (Å²) in [7, 11) is 0. The highest BCUT2D eigenvalue weighted by Gasteiger charge is 2.36. The van der Waals surface area contributed by atoms with Crippen LogP contribution in [0.25, 0.3) is 11.3 Å². The minimum atomic E-state index is 0.728. The van der Waals surface area contributed by atoms with E-state index in [9.17, 15) is 0 Å². The number of hydrogen-bond donors (Lipinski definition) is 0. The van der Waals surface area contributed by atoms with E-state index in [0.29, 0.717) is 0 Å². The quantitative estimate of drug-likeness (QED) is 0.782. The van der Waals surface area contributed by atoms with Crippen LogP contribution in [0.2, 0.25) is 0 Å². The summed E-state index contributed by atoms with van der Waals surface area (Å²) in [5, 5.41) is 3.48. The van der Waals surface area contributed by atoms with Crippen LogP contribution in [0.1, 0.15) is 24.3 Å². The molecule has 1 nitrogen and oxygen atoms in total. The van der Waals surface area contributed by atoms with E-state index in [1.54, 1.807) is 11.3 Å². The van der Waals surface area contributed by atoms with Gasteiger partial charge in [0.1, 0.15) is 0 Å². The van der Waals surface area contributed by atoms with Crippen molar-refractivity contribution in [2.24, 2.45) is 5.92 Å². The number of benzene rings is 1. The van der Waals surface area contributed by atoms with Gasteiger partial charge in [-0.15, -0.1) is 11.3 Å². The molecule has 3 rings (SSSR count). The first-order valence-corrected chi connectivity index (χ1v) is 7.12. The van der Waals surface area contributed by atoms with Crippen LogP contribution in [-0.4, -0.2) is 4.98 Å². The highest BCUT2D eigenvalue weighted by atomic mass is 79.9. The van der Waals surface area contributed by atoms with Gasteiger partial charge in [-0.05, 0) is 24.5 Å². The lowest BCUT2D eigenvalue weighted by molar-refractivity contribution is 0.906. The van der Waals surface area contributed by atoms with Crippen molar-refractivity contribution < 1.29 is 0 Å². The van der Waals surface area contributed by atoms with Gasteiger partial charge in [0.05, 0.1) is 10.7 Å². The number of halogens is 1.